The number of pyridine rings is 1. The van der Waals surface area contributed by atoms with Gasteiger partial charge in [0.2, 0.25) is 0 Å². The Bertz CT molecular complexity index is 710. The fraction of sp³-hybridized carbons (Fsp3) is 0.294. The van der Waals surface area contributed by atoms with Crippen molar-refractivity contribution in [3.63, 3.8) is 0 Å². The third-order valence-corrected chi connectivity index (χ3v) is 3.91. The molecule has 2 aromatic rings. The fourth-order valence-corrected chi connectivity index (χ4v) is 2.91. The van der Waals surface area contributed by atoms with Gasteiger partial charge in [-0.15, -0.1) is 0 Å². The summed E-state index contributed by atoms with van der Waals surface area (Å²) in [5.41, 5.74) is 4.91. The van der Waals surface area contributed by atoms with E-state index in [1.54, 1.807) is 6.07 Å². The normalized spacial score (nSPS) is 13.9. The van der Waals surface area contributed by atoms with Crippen LogP contribution in [0.5, 0.6) is 0 Å². The van der Waals surface area contributed by atoms with Gasteiger partial charge < -0.3 is 10.0 Å². The van der Waals surface area contributed by atoms with Gasteiger partial charge in [0.25, 0.3) is 0 Å². The molecular weight excluding hydrogens is 264 g/mol. The second-order valence-corrected chi connectivity index (χ2v) is 5.56. The van der Waals surface area contributed by atoms with Crippen LogP contribution in [0, 0.1) is 13.8 Å². The Kier molecular flexibility index (Phi) is 3.37. The van der Waals surface area contributed by atoms with Gasteiger partial charge in [0.1, 0.15) is 5.82 Å². The number of aromatic carboxylic acids is 1. The summed E-state index contributed by atoms with van der Waals surface area (Å²) in [6.07, 6.45) is 3.60. The number of aryl methyl sites for hydroxylation is 3. The Morgan fingerprint density at radius 2 is 2.10 bits per heavy atom. The Hall–Kier alpha value is -2.36. The summed E-state index contributed by atoms with van der Waals surface area (Å²) in [6, 6.07) is 8.16. The zero-order valence-corrected chi connectivity index (χ0v) is 12.3. The van der Waals surface area contributed by atoms with E-state index in [1.165, 1.54) is 23.0 Å². The van der Waals surface area contributed by atoms with Gasteiger partial charge in [0.05, 0.1) is 5.56 Å². The molecule has 0 atom stereocenters. The number of hydrogen-bond donors (Lipinski definition) is 1. The van der Waals surface area contributed by atoms with E-state index in [4.69, 9.17) is 5.11 Å². The molecule has 108 valence electrons. The zero-order chi connectivity index (χ0) is 15.0. The highest BCUT2D eigenvalue weighted by molar-refractivity contribution is 5.88. The molecule has 4 heteroatoms. The maximum atomic E-state index is 11.0. The predicted molar refractivity (Wildman–Crippen MR) is 82.4 cm³/mol. The van der Waals surface area contributed by atoms with E-state index in [1.807, 2.05) is 6.92 Å². The van der Waals surface area contributed by atoms with E-state index in [0.29, 0.717) is 0 Å². The molecule has 0 amide bonds. The van der Waals surface area contributed by atoms with E-state index in [9.17, 15) is 4.79 Å². The molecule has 0 saturated carbocycles. The van der Waals surface area contributed by atoms with Crippen molar-refractivity contribution in [2.24, 2.45) is 0 Å². The van der Waals surface area contributed by atoms with E-state index < -0.39 is 5.97 Å². The maximum Gasteiger partial charge on any atom is 0.337 e. The van der Waals surface area contributed by atoms with Crippen molar-refractivity contribution < 1.29 is 9.90 Å². The van der Waals surface area contributed by atoms with Gasteiger partial charge in [-0.1, -0.05) is 17.7 Å². The van der Waals surface area contributed by atoms with Gasteiger partial charge >= 0.3 is 5.97 Å². The third-order valence-electron chi connectivity index (χ3n) is 3.91. The molecule has 1 aliphatic rings. The number of carbonyl (C=O) groups is 1. The molecule has 3 rings (SSSR count). The van der Waals surface area contributed by atoms with Crippen LogP contribution in [-0.4, -0.2) is 22.6 Å². The largest absolute Gasteiger partial charge is 0.478 e. The third kappa shape index (κ3) is 2.49. The van der Waals surface area contributed by atoms with E-state index in [-0.39, 0.29) is 5.56 Å². The lowest BCUT2D eigenvalue weighted by molar-refractivity contribution is 0.0696. The first-order valence-corrected chi connectivity index (χ1v) is 7.13. The Morgan fingerprint density at radius 3 is 2.81 bits per heavy atom. The number of rotatable bonds is 2. The molecule has 0 unspecified atom stereocenters. The molecule has 0 fully saturated rings. The first-order valence-electron chi connectivity index (χ1n) is 7.13. The van der Waals surface area contributed by atoms with Gasteiger partial charge in [0, 0.05) is 18.4 Å². The number of fused-ring (bicyclic) bond motifs is 1. The van der Waals surface area contributed by atoms with E-state index in [0.717, 1.165) is 30.8 Å². The van der Waals surface area contributed by atoms with Crippen LogP contribution in [0.25, 0.3) is 0 Å². The second kappa shape index (κ2) is 5.20. The lowest BCUT2D eigenvalue weighted by atomic mass is 9.99. The Balaban J connectivity index is 2.05. The summed E-state index contributed by atoms with van der Waals surface area (Å²) in [5.74, 6) is -0.0865. The number of benzene rings is 1. The SMILES string of the molecule is Cc1ccc2c(c1)CCCN2c1ncc(C(=O)O)cc1C. The number of anilines is 2. The van der Waals surface area contributed by atoms with Gasteiger partial charge in [-0.25, -0.2) is 9.78 Å². The van der Waals surface area contributed by atoms with Crippen molar-refractivity contribution in [3.05, 3.63) is 52.7 Å². The van der Waals surface area contributed by atoms with Crippen LogP contribution in [0.4, 0.5) is 11.5 Å². The number of aromatic nitrogens is 1. The van der Waals surface area contributed by atoms with E-state index in [2.05, 4.69) is 35.0 Å². The van der Waals surface area contributed by atoms with Crippen LogP contribution in [0.2, 0.25) is 0 Å². The van der Waals surface area contributed by atoms with Gasteiger partial charge in [0.15, 0.2) is 0 Å². The molecule has 0 bridgehead atoms. The minimum atomic E-state index is -0.938. The molecule has 1 aliphatic heterocycles. The monoisotopic (exact) mass is 282 g/mol. The number of hydrogen-bond acceptors (Lipinski definition) is 3. The first-order chi connectivity index (χ1) is 10.1. The van der Waals surface area contributed by atoms with Crippen LogP contribution in [0.3, 0.4) is 0 Å². The van der Waals surface area contributed by atoms with Crippen molar-refractivity contribution in [3.8, 4) is 0 Å². The van der Waals surface area contributed by atoms with Crippen LogP contribution >= 0.6 is 0 Å². The molecule has 0 aliphatic carbocycles. The summed E-state index contributed by atoms with van der Waals surface area (Å²) in [6.45, 7) is 4.93. The lowest BCUT2D eigenvalue weighted by Crippen LogP contribution is -2.26. The highest BCUT2D eigenvalue weighted by atomic mass is 16.4. The van der Waals surface area contributed by atoms with Gasteiger partial charge in [-0.05, 0) is 49.9 Å². The smallest absolute Gasteiger partial charge is 0.337 e. The average Bonchev–Trinajstić information content (AvgIpc) is 2.46. The number of carboxylic acids is 1. The van der Waals surface area contributed by atoms with Crippen molar-refractivity contribution in [2.45, 2.75) is 26.7 Å². The summed E-state index contributed by atoms with van der Waals surface area (Å²) < 4.78 is 0. The second-order valence-electron chi connectivity index (χ2n) is 5.56. The van der Waals surface area contributed by atoms with Crippen LogP contribution < -0.4 is 4.90 Å². The van der Waals surface area contributed by atoms with Crippen molar-refractivity contribution in [1.82, 2.24) is 4.98 Å². The molecule has 2 heterocycles. The van der Waals surface area contributed by atoms with Gasteiger partial charge in [-0.3, -0.25) is 0 Å². The zero-order valence-electron chi connectivity index (χ0n) is 12.3. The minimum absolute atomic E-state index is 0.234. The predicted octanol–water partition coefficient (Wildman–Crippen LogP) is 3.48. The first kappa shape index (κ1) is 13.6. The Labute approximate surface area is 124 Å². The molecule has 1 N–H and O–H groups in total. The quantitative estimate of drug-likeness (QED) is 0.916. The molecular formula is C17H18N2O2. The van der Waals surface area contributed by atoms with Crippen molar-refractivity contribution >= 4 is 17.5 Å². The lowest BCUT2D eigenvalue weighted by Gasteiger charge is -2.31. The molecule has 0 spiro atoms. The molecule has 0 saturated heterocycles. The highest BCUT2D eigenvalue weighted by Crippen LogP contribution is 2.34. The van der Waals surface area contributed by atoms with E-state index >= 15 is 0 Å². The summed E-state index contributed by atoms with van der Waals surface area (Å²) >= 11 is 0. The molecule has 4 nitrogen and oxygen atoms in total. The summed E-state index contributed by atoms with van der Waals surface area (Å²) in [4.78, 5) is 17.6. The molecule has 1 aromatic heterocycles. The standard InChI is InChI=1S/C17H18N2O2/c1-11-5-6-15-13(8-11)4-3-7-19(15)16-12(2)9-14(10-18-16)17(20)21/h5-6,8-10H,3-4,7H2,1-2H3,(H,20,21). The summed E-state index contributed by atoms with van der Waals surface area (Å²) in [5, 5.41) is 9.05. The molecule has 0 radical (unpaired) electrons. The Morgan fingerprint density at radius 1 is 1.29 bits per heavy atom. The number of nitrogens with zero attached hydrogens (tertiary/aromatic N) is 2. The van der Waals surface area contributed by atoms with Gasteiger partial charge in [-0.2, -0.15) is 0 Å². The van der Waals surface area contributed by atoms with Crippen LogP contribution in [-0.2, 0) is 6.42 Å². The molecule has 21 heavy (non-hydrogen) atoms. The molecule has 1 aromatic carbocycles. The maximum absolute atomic E-state index is 11.0. The number of carboxylic acid groups (broad SMARTS) is 1. The van der Waals surface area contributed by atoms with Crippen molar-refractivity contribution in [1.29, 1.82) is 0 Å². The average molecular weight is 282 g/mol. The minimum Gasteiger partial charge on any atom is -0.478 e. The topological polar surface area (TPSA) is 53.4 Å². The van der Waals surface area contributed by atoms with Crippen LogP contribution in [0.1, 0.15) is 33.5 Å². The summed E-state index contributed by atoms with van der Waals surface area (Å²) in [7, 11) is 0. The highest BCUT2D eigenvalue weighted by Gasteiger charge is 2.21. The van der Waals surface area contributed by atoms with Crippen LogP contribution in [0.15, 0.2) is 30.5 Å². The van der Waals surface area contributed by atoms with Crippen molar-refractivity contribution in [2.75, 3.05) is 11.4 Å². The fourth-order valence-electron chi connectivity index (χ4n) is 2.91.